The summed E-state index contributed by atoms with van der Waals surface area (Å²) in [6.07, 6.45) is 15.1. The van der Waals surface area contributed by atoms with Gasteiger partial charge in [-0.05, 0) is 89.5 Å². The number of carbonyl (C=O) groups excluding carboxylic acids is 5. The van der Waals surface area contributed by atoms with E-state index in [0.29, 0.717) is 12.8 Å². The summed E-state index contributed by atoms with van der Waals surface area (Å²) in [5.41, 5.74) is 3.01. The van der Waals surface area contributed by atoms with Crippen molar-refractivity contribution < 1.29 is 48.1 Å². The maximum absolute atomic E-state index is 13.0. The number of rotatable bonds is 29. The topological polar surface area (TPSA) is 186 Å². The van der Waals surface area contributed by atoms with Gasteiger partial charge in [0.25, 0.3) is 0 Å². The molecule has 0 fully saturated rings. The Morgan fingerprint density at radius 1 is 0.571 bits per heavy atom. The third-order valence-corrected chi connectivity index (χ3v) is 10.8. The Morgan fingerprint density at radius 3 is 1.54 bits per heavy atom. The molecule has 63 heavy (non-hydrogen) atoms. The zero-order valence-corrected chi connectivity index (χ0v) is 38.8. The average Bonchev–Trinajstić information content (AvgIpc) is 3.53. The molecule has 13 nitrogen and oxygen atoms in total. The molecule has 0 unspecified atom stereocenters. The number of hydrogen-bond acceptors (Lipinski definition) is 9. The van der Waals surface area contributed by atoms with Crippen molar-refractivity contribution in [3.63, 3.8) is 0 Å². The molecule has 0 aliphatic heterocycles. The van der Waals surface area contributed by atoms with E-state index in [1.54, 1.807) is 20.8 Å². The number of carbonyl (C=O) groups is 6. The SMILES string of the molecule is CC(C)(C)OC(=O)CCCCCCCCCCCCCCCCC(=O)N[C@@H](CCC(=O)NCC[C@H](NC(=O)OCC1c2ccccc2-c2ccccc21)C(=O)O)C(=O)OC(C)(C)C. The molecule has 13 heteroatoms. The van der Waals surface area contributed by atoms with Crippen LogP contribution in [0.2, 0.25) is 0 Å². The van der Waals surface area contributed by atoms with Crippen LogP contribution in [0.25, 0.3) is 11.1 Å². The summed E-state index contributed by atoms with van der Waals surface area (Å²) < 4.78 is 16.4. The third-order valence-electron chi connectivity index (χ3n) is 10.8. The first-order chi connectivity index (χ1) is 29.9. The lowest BCUT2D eigenvalue weighted by molar-refractivity contribution is -0.159. The lowest BCUT2D eigenvalue weighted by atomic mass is 9.98. The summed E-state index contributed by atoms with van der Waals surface area (Å²) in [4.78, 5) is 75.2. The minimum Gasteiger partial charge on any atom is -0.480 e. The molecule has 2 aromatic rings. The van der Waals surface area contributed by atoms with Gasteiger partial charge in [0.2, 0.25) is 11.8 Å². The number of fused-ring (bicyclic) bond motifs is 3. The largest absolute Gasteiger partial charge is 0.480 e. The van der Waals surface area contributed by atoms with Gasteiger partial charge in [-0.3, -0.25) is 14.4 Å². The first-order valence-electron chi connectivity index (χ1n) is 23.3. The highest BCUT2D eigenvalue weighted by atomic mass is 16.6. The monoisotopic (exact) mass is 878 g/mol. The Labute approximate surface area is 375 Å². The van der Waals surface area contributed by atoms with E-state index in [1.807, 2.05) is 69.3 Å². The maximum atomic E-state index is 13.0. The second kappa shape index (κ2) is 27.3. The van der Waals surface area contributed by atoms with Crippen molar-refractivity contribution in [3.8, 4) is 11.1 Å². The number of aliphatic carboxylic acids is 1. The van der Waals surface area contributed by atoms with Gasteiger partial charge in [0.1, 0.15) is 29.9 Å². The van der Waals surface area contributed by atoms with E-state index in [2.05, 4.69) is 16.0 Å². The van der Waals surface area contributed by atoms with Gasteiger partial charge in [-0.2, -0.15) is 0 Å². The predicted molar refractivity (Wildman–Crippen MR) is 244 cm³/mol. The summed E-state index contributed by atoms with van der Waals surface area (Å²) >= 11 is 0. The summed E-state index contributed by atoms with van der Waals surface area (Å²) in [7, 11) is 0. The van der Waals surface area contributed by atoms with Gasteiger partial charge >= 0.3 is 24.0 Å². The van der Waals surface area contributed by atoms with E-state index in [9.17, 15) is 33.9 Å². The van der Waals surface area contributed by atoms with E-state index >= 15 is 0 Å². The molecule has 350 valence electrons. The fourth-order valence-corrected chi connectivity index (χ4v) is 7.72. The maximum Gasteiger partial charge on any atom is 0.407 e. The number of alkyl carbamates (subject to hydrolysis) is 1. The van der Waals surface area contributed by atoms with Crippen molar-refractivity contribution >= 4 is 35.8 Å². The standard InChI is InChI=1S/C50H75N3O10/c1-49(2,3)62-45(56)30-20-18-16-14-12-10-8-7-9-11-13-15-17-19-29-44(55)52-42(47(59)63-50(4,5)6)31-32-43(54)51-34-33-41(46(57)58)53-48(60)61-35-40-38-27-23-21-25-36(38)37-26-22-24-28-39(37)40/h21-28,40-42H,7-20,29-35H2,1-6H3,(H,51,54)(H,52,55)(H,53,60)(H,57,58)/t41-,42-/m0/s1. The van der Waals surface area contributed by atoms with Gasteiger partial charge < -0.3 is 35.3 Å². The second-order valence-corrected chi connectivity index (χ2v) is 18.7. The lowest BCUT2D eigenvalue weighted by Gasteiger charge is -2.24. The molecule has 0 saturated carbocycles. The van der Waals surface area contributed by atoms with Crippen molar-refractivity contribution in [3.05, 3.63) is 59.7 Å². The van der Waals surface area contributed by atoms with E-state index in [-0.39, 0.29) is 56.6 Å². The van der Waals surface area contributed by atoms with Crippen molar-refractivity contribution in [2.75, 3.05) is 13.2 Å². The molecule has 1 aliphatic rings. The van der Waals surface area contributed by atoms with Crippen LogP contribution in [0, 0.1) is 0 Å². The second-order valence-electron chi connectivity index (χ2n) is 18.7. The summed E-state index contributed by atoms with van der Waals surface area (Å²) in [5, 5.41) is 17.6. The van der Waals surface area contributed by atoms with Crippen molar-refractivity contribution in [1.82, 2.24) is 16.0 Å². The molecular weight excluding hydrogens is 803 g/mol. The van der Waals surface area contributed by atoms with Crippen LogP contribution in [0.15, 0.2) is 48.5 Å². The molecule has 0 heterocycles. The highest BCUT2D eigenvalue weighted by Crippen LogP contribution is 2.44. The van der Waals surface area contributed by atoms with Crippen LogP contribution in [0.4, 0.5) is 4.79 Å². The number of amides is 3. The van der Waals surface area contributed by atoms with E-state index in [0.717, 1.165) is 60.8 Å². The number of carboxylic acids is 1. The predicted octanol–water partition coefficient (Wildman–Crippen LogP) is 9.67. The quantitative estimate of drug-likeness (QED) is 0.0348. The highest BCUT2D eigenvalue weighted by Gasteiger charge is 2.30. The Hall–Kier alpha value is -4.94. The number of unbranched alkanes of at least 4 members (excludes halogenated alkanes) is 13. The minimum absolute atomic E-state index is 0.00267. The van der Waals surface area contributed by atoms with E-state index < -0.39 is 47.2 Å². The van der Waals surface area contributed by atoms with Crippen LogP contribution < -0.4 is 16.0 Å². The Morgan fingerprint density at radius 2 is 1.05 bits per heavy atom. The molecule has 4 N–H and O–H groups in total. The Bertz CT molecular complexity index is 1720. The highest BCUT2D eigenvalue weighted by molar-refractivity contribution is 5.86. The lowest BCUT2D eigenvalue weighted by Crippen LogP contribution is -2.45. The molecule has 3 rings (SSSR count). The van der Waals surface area contributed by atoms with Gasteiger partial charge in [-0.15, -0.1) is 0 Å². The van der Waals surface area contributed by atoms with Crippen molar-refractivity contribution in [2.24, 2.45) is 0 Å². The number of nitrogens with one attached hydrogen (secondary N) is 3. The van der Waals surface area contributed by atoms with Crippen LogP contribution in [0.3, 0.4) is 0 Å². The summed E-state index contributed by atoms with van der Waals surface area (Å²) in [6.45, 7) is 10.8. The minimum atomic E-state index is -1.31. The average molecular weight is 878 g/mol. The number of benzene rings is 2. The third kappa shape index (κ3) is 21.3. The molecule has 0 spiro atoms. The van der Waals surface area contributed by atoms with Crippen LogP contribution in [0.1, 0.15) is 181 Å². The van der Waals surface area contributed by atoms with E-state index in [1.165, 1.54) is 44.9 Å². The Kier molecular flexibility index (Phi) is 22.7. The molecule has 0 saturated heterocycles. The van der Waals surface area contributed by atoms with Gasteiger partial charge in [0, 0.05) is 31.7 Å². The summed E-state index contributed by atoms with van der Waals surface area (Å²) in [5.74, 6) is -2.91. The van der Waals surface area contributed by atoms with Gasteiger partial charge in [-0.1, -0.05) is 126 Å². The number of ether oxygens (including phenoxy) is 3. The molecule has 0 aromatic heterocycles. The molecule has 1 aliphatic carbocycles. The zero-order valence-electron chi connectivity index (χ0n) is 38.8. The number of esters is 2. The normalized spacial score (nSPS) is 13.2. The van der Waals surface area contributed by atoms with Gasteiger partial charge in [-0.25, -0.2) is 14.4 Å². The first kappa shape index (κ1) is 52.4. The van der Waals surface area contributed by atoms with Crippen LogP contribution in [0.5, 0.6) is 0 Å². The van der Waals surface area contributed by atoms with Gasteiger partial charge in [0.15, 0.2) is 0 Å². The molecule has 3 amide bonds. The van der Waals surface area contributed by atoms with Crippen LogP contribution >= 0.6 is 0 Å². The van der Waals surface area contributed by atoms with Gasteiger partial charge in [0.05, 0.1) is 0 Å². The molecule has 0 radical (unpaired) electrons. The molecule has 2 aromatic carbocycles. The zero-order chi connectivity index (χ0) is 46.3. The summed E-state index contributed by atoms with van der Waals surface area (Å²) in [6, 6.07) is 13.5. The number of carboxylic acid groups (broad SMARTS) is 1. The first-order valence-corrected chi connectivity index (χ1v) is 23.3. The molecular formula is C50H75N3O10. The van der Waals surface area contributed by atoms with Crippen molar-refractivity contribution in [2.45, 2.75) is 193 Å². The van der Waals surface area contributed by atoms with Crippen LogP contribution in [-0.4, -0.2) is 77.4 Å². The van der Waals surface area contributed by atoms with Crippen LogP contribution in [-0.2, 0) is 38.2 Å². The molecule has 2 atom stereocenters. The fraction of sp³-hybridized carbons (Fsp3) is 0.640. The van der Waals surface area contributed by atoms with Crippen molar-refractivity contribution in [1.29, 1.82) is 0 Å². The van der Waals surface area contributed by atoms with E-state index in [4.69, 9.17) is 14.2 Å². The Balaban J connectivity index is 1.27. The smallest absolute Gasteiger partial charge is 0.407 e. The molecule has 0 bridgehead atoms. The fourth-order valence-electron chi connectivity index (χ4n) is 7.72. The number of hydrogen-bond donors (Lipinski definition) is 4.